The third-order valence-corrected chi connectivity index (χ3v) is 5.35. The number of nitrogens with one attached hydrogen (secondary N) is 1. The standard InChI is InChI=1S/C24H25ClFN3O4/c1-2-3-22-29-21(13-33-22)23(30)28-17(12-20(27)24(31)32)10-14-4-6-15(7-5-14)18-11-16(25)8-9-19(18)26/h4-9,11,13,17,20H,2-3,10,12,27H2,1H3,(H,28,30)(H,31,32)/t17-,20-/m1/s1. The van der Waals surface area contributed by atoms with Crippen molar-refractivity contribution in [1.29, 1.82) is 0 Å². The number of nitrogens with two attached hydrogens (primary N) is 1. The zero-order valence-corrected chi connectivity index (χ0v) is 18.8. The first-order valence-corrected chi connectivity index (χ1v) is 10.9. The van der Waals surface area contributed by atoms with E-state index in [1.54, 1.807) is 30.3 Å². The van der Waals surface area contributed by atoms with Gasteiger partial charge < -0.3 is 20.6 Å². The SMILES string of the molecule is CCCc1nc(C(=O)N[C@H](Cc2ccc(-c3cc(Cl)ccc3F)cc2)C[C@@H](N)C(=O)O)co1. The molecule has 3 rings (SSSR count). The van der Waals surface area contributed by atoms with Gasteiger partial charge in [-0.05, 0) is 48.6 Å². The number of rotatable bonds is 10. The van der Waals surface area contributed by atoms with Crippen molar-refractivity contribution in [3.8, 4) is 11.1 Å². The summed E-state index contributed by atoms with van der Waals surface area (Å²) in [6.07, 6.45) is 3.06. The second-order valence-electron chi connectivity index (χ2n) is 7.75. The molecule has 33 heavy (non-hydrogen) atoms. The molecule has 0 saturated carbocycles. The van der Waals surface area contributed by atoms with Gasteiger partial charge in [-0.15, -0.1) is 0 Å². The number of amides is 1. The molecular weight excluding hydrogens is 449 g/mol. The number of aryl methyl sites for hydroxylation is 1. The van der Waals surface area contributed by atoms with Gasteiger partial charge in [0.2, 0.25) is 0 Å². The maximum atomic E-state index is 14.2. The maximum Gasteiger partial charge on any atom is 0.320 e. The number of halogens is 2. The van der Waals surface area contributed by atoms with Crippen molar-refractivity contribution in [2.24, 2.45) is 5.73 Å². The van der Waals surface area contributed by atoms with Gasteiger partial charge in [0.1, 0.15) is 18.1 Å². The highest BCUT2D eigenvalue weighted by Gasteiger charge is 2.23. The first-order valence-electron chi connectivity index (χ1n) is 10.5. The van der Waals surface area contributed by atoms with Crippen LogP contribution < -0.4 is 11.1 Å². The number of carbonyl (C=O) groups excluding carboxylic acids is 1. The highest BCUT2D eigenvalue weighted by molar-refractivity contribution is 6.30. The van der Waals surface area contributed by atoms with Crippen molar-refractivity contribution in [1.82, 2.24) is 10.3 Å². The van der Waals surface area contributed by atoms with E-state index in [9.17, 15) is 19.1 Å². The average Bonchev–Trinajstić information content (AvgIpc) is 3.25. The first-order chi connectivity index (χ1) is 15.8. The molecule has 2 atom stereocenters. The van der Waals surface area contributed by atoms with Crippen molar-refractivity contribution in [2.45, 2.75) is 44.7 Å². The fraction of sp³-hybridized carbons (Fsp3) is 0.292. The number of oxazole rings is 1. The Kier molecular flexibility index (Phi) is 8.19. The molecular formula is C24H25ClFN3O4. The van der Waals surface area contributed by atoms with Gasteiger partial charge in [-0.1, -0.05) is 42.8 Å². The van der Waals surface area contributed by atoms with E-state index in [2.05, 4.69) is 10.3 Å². The van der Waals surface area contributed by atoms with Gasteiger partial charge in [-0.25, -0.2) is 9.37 Å². The molecule has 0 spiro atoms. The van der Waals surface area contributed by atoms with E-state index in [-0.39, 0.29) is 17.9 Å². The van der Waals surface area contributed by atoms with Crippen molar-refractivity contribution in [2.75, 3.05) is 0 Å². The van der Waals surface area contributed by atoms with Gasteiger partial charge in [0.05, 0.1) is 0 Å². The third-order valence-electron chi connectivity index (χ3n) is 5.11. The Morgan fingerprint density at radius 1 is 1.24 bits per heavy atom. The zero-order valence-electron chi connectivity index (χ0n) is 18.1. The first kappa shape index (κ1) is 24.4. The van der Waals surface area contributed by atoms with Crippen LogP contribution in [0, 0.1) is 5.82 Å². The van der Waals surface area contributed by atoms with Crippen LogP contribution in [0.5, 0.6) is 0 Å². The molecule has 0 bridgehead atoms. The van der Waals surface area contributed by atoms with E-state index < -0.39 is 24.0 Å². The largest absolute Gasteiger partial charge is 0.480 e. The summed E-state index contributed by atoms with van der Waals surface area (Å²) in [4.78, 5) is 28.1. The summed E-state index contributed by atoms with van der Waals surface area (Å²) in [6, 6.07) is 9.68. The van der Waals surface area contributed by atoms with Crippen LogP contribution in [0.4, 0.5) is 4.39 Å². The number of carbonyl (C=O) groups is 2. The van der Waals surface area contributed by atoms with Crippen LogP contribution in [0.2, 0.25) is 5.02 Å². The minimum Gasteiger partial charge on any atom is -0.480 e. The molecule has 1 heterocycles. The van der Waals surface area contributed by atoms with Gasteiger partial charge in [-0.3, -0.25) is 9.59 Å². The molecule has 0 aliphatic carbocycles. The molecule has 0 aliphatic heterocycles. The van der Waals surface area contributed by atoms with E-state index in [4.69, 9.17) is 21.8 Å². The van der Waals surface area contributed by atoms with Crippen molar-refractivity contribution in [3.63, 3.8) is 0 Å². The van der Waals surface area contributed by atoms with Crippen LogP contribution in [0.15, 0.2) is 53.1 Å². The number of hydrogen-bond acceptors (Lipinski definition) is 5. The lowest BCUT2D eigenvalue weighted by Crippen LogP contribution is -2.43. The Morgan fingerprint density at radius 2 is 1.97 bits per heavy atom. The lowest BCUT2D eigenvalue weighted by molar-refractivity contribution is -0.138. The lowest BCUT2D eigenvalue weighted by atomic mass is 9.97. The molecule has 7 nitrogen and oxygen atoms in total. The van der Waals surface area contributed by atoms with Crippen LogP contribution in [-0.4, -0.2) is 34.1 Å². The summed E-state index contributed by atoms with van der Waals surface area (Å²) in [6.45, 7) is 1.97. The number of benzene rings is 2. The predicted octanol–water partition coefficient (Wildman–Crippen LogP) is 4.23. The number of hydrogen-bond donors (Lipinski definition) is 3. The van der Waals surface area contributed by atoms with Gasteiger partial charge in [-0.2, -0.15) is 0 Å². The summed E-state index contributed by atoms with van der Waals surface area (Å²) in [5.41, 5.74) is 7.68. The van der Waals surface area contributed by atoms with E-state index in [1.165, 1.54) is 18.4 Å². The second-order valence-corrected chi connectivity index (χ2v) is 8.19. The summed E-state index contributed by atoms with van der Waals surface area (Å²) < 4.78 is 19.4. The monoisotopic (exact) mass is 473 g/mol. The molecule has 174 valence electrons. The molecule has 0 saturated heterocycles. The minimum atomic E-state index is -1.16. The molecule has 4 N–H and O–H groups in total. The molecule has 0 aliphatic rings. The molecule has 0 fully saturated rings. The summed E-state index contributed by atoms with van der Waals surface area (Å²) in [5.74, 6) is -1.56. The number of carboxylic acid groups (broad SMARTS) is 1. The molecule has 2 aromatic carbocycles. The second kappa shape index (κ2) is 11.1. The van der Waals surface area contributed by atoms with Crippen LogP contribution in [0.1, 0.15) is 41.7 Å². The van der Waals surface area contributed by atoms with Crippen molar-refractivity contribution >= 4 is 23.5 Å². The van der Waals surface area contributed by atoms with E-state index in [1.807, 2.05) is 6.92 Å². The fourth-order valence-electron chi connectivity index (χ4n) is 3.43. The average molecular weight is 474 g/mol. The molecule has 0 unspecified atom stereocenters. The topological polar surface area (TPSA) is 118 Å². The van der Waals surface area contributed by atoms with Crippen molar-refractivity contribution in [3.05, 3.63) is 76.7 Å². The quantitative estimate of drug-likeness (QED) is 0.405. The van der Waals surface area contributed by atoms with Crippen LogP contribution >= 0.6 is 11.6 Å². The van der Waals surface area contributed by atoms with Crippen molar-refractivity contribution < 1.29 is 23.5 Å². The highest BCUT2D eigenvalue weighted by atomic mass is 35.5. The highest BCUT2D eigenvalue weighted by Crippen LogP contribution is 2.26. The number of carboxylic acids is 1. The van der Waals surface area contributed by atoms with Gasteiger partial charge in [0, 0.05) is 23.0 Å². The Morgan fingerprint density at radius 3 is 2.64 bits per heavy atom. The van der Waals surface area contributed by atoms with Gasteiger partial charge in [0.15, 0.2) is 11.6 Å². The minimum absolute atomic E-state index is 0.0193. The van der Waals surface area contributed by atoms with E-state index >= 15 is 0 Å². The number of nitrogens with zero attached hydrogens (tertiary/aromatic N) is 1. The predicted molar refractivity (Wildman–Crippen MR) is 123 cm³/mol. The zero-order chi connectivity index (χ0) is 24.0. The molecule has 3 aromatic rings. The van der Waals surface area contributed by atoms with Crippen LogP contribution in [-0.2, 0) is 17.6 Å². The fourth-order valence-corrected chi connectivity index (χ4v) is 3.60. The van der Waals surface area contributed by atoms with Crippen LogP contribution in [0.3, 0.4) is 0 Å². The summed E-state index contributed by atoms with van der Waals surface area (Å²) in [7, 11) is 0. The van der Waals surface area contributed by atoms with Gasteiger partial charge in [0.25, 0.3) is 5.91 Å². The Labute approximate surface area is 195 Å². The number of aliphatic carboxylic acids is 1. The summed E-state index contributed by atoms with van der Waals surface area (Å²) in [5, 5.41) is 12.4. The Hall–Kier alpha value is -3.23. The van der Waals surface area contributed by atoms with Crippen LogP contribution in [0.25, 0.3) is 11.1 Å². The van der Waals surface area contributed by atoms with E-state index in [0.717, 1.165) is 12.0 Å². The maximum absolute atomic E-state index is 14.2. The Balaban J connectivity index is 1.75. The van der Waals surface area contributed by atoms with E-state index in [0.29, 0.717) is 34.9 Å². The molecule has 9 heteroatoms. The van der Waals surface area contributed by atoms with Gasteiger partial charge >= 0.3 is 5.97 Å². The molecule has 1 amide bonds. The summed E-state index contributed by atoms with van der Waals surface area (Å²) >= 11 is 5.98. The Bertz CT molecular complexity index is 1120. The number of aromatic nitrogens is 1. The normalized spacial score (nSPS) is 12.8. The molecule has 1 aromatic heterocycles. The molecule has 0 radical (unpaired) electrons. The third kappa shape index (κ3) is 6.63. The smallest absolute Gasteiger partial charge is 0.320 e. The lowest BCUT2D eigenvalue weighted by Gasteiger charge is -2.20.